The van der Waals surface area contributed by atoms with E-state index in [9.17, 15) is 9.59 Å². The monoisotopic (exact) mass is 349 g/mol. The van der Waals surface area contributed by atoms with Gasteiger partial charge in [-0.3, -0.25) is 9.59 Å². The minimum atomic E-state index is -0.263. The van der Waals surface area contributed by atoms with Gasteiger partial charge in [-0.2, -0.15) is 0 Å². The van der Waals surface area contributed by atoms with Crippen LogP contribution in [0.5, 0.6) is 0 Å². The molecule has 3 aliphatic rings. The van der Waals surface area contributed by atoms with Gasteiger partial charge in [-0.05, 0) is 38.5 Å². The maximum atomic E-state index is 12.6. The summed E-state index contributed by atoms with van der Waals surface area (Å²) in [5.41, 5.74) is 1.15. The molecule has 7 heteroatoms. The van der Waals surface area contributed by atoms with Gasteiger partial charge >= 0.3 is 0 Å². The van der Waals surface area contributed by atoms with E-state index in [-0.39, 0.29) is 23.8 Å². The summed E-state index contributed by atoms with van der Waals surface area (Å²) in [4.78, 5) is 32.6. The first kappa shape index (κ1) is 16.0. The largest absolute Gasteiger partial charge is 0.381 e. The molecule has 1 N–H and O–H groups in total. The smallest absolute Gasteiger partial charge is 0.231 e. The zero-order chi connectivity index (χ0) is 16.5. The maximum Gasteiger partial charge on any atom is 0.231 e. The van der Waals surface area contributed by atoms with Gasteiger partial charge in [-0.25, -0.2) is 4.98 Å². The van der Waals surface area contributed by atoms with E-state index >= 15 is 0 Å². The number of hydrogen-bond acceptors (Lipinski definition) is 5. The first-order valence-electron chi connectivity index (χ1n) is 8.87. The Bertz CT molecular complexity index is 616. The minimum Gasteiger partial charge on any atom is -0.381 e. The zero-order valence-electron chi connectivity index (χ0n) is 13.8. The molecular formula is C17H23N3O3S. The molecule has 0 aromatic carbocycles. The highest BCUT2D eigenvalue weighted by Gasteiger charge is 2.38. The van der Waals surface area contributed by atoms with E-state index in [1.165, 1.54) is 17.7 Å². The molecule has 4 rings (SSSR count). The molecule has 0 bridgehead atoms. The van der Waals surface area contributed by atoms with Gasteiger partial charge in [0.05, 0.1) is 11.6 Å². The molecule has 6 nitrogen and oxygen atoms in total. The van der Waals surface area contributed by atoms with Gasteiger partial charge in [0.15, 0.2) is 5.13 Å². The van der Waals surface area contributed by atoms with Crippen LogP contribution in [0.15, 0.2) is 0 Å². The number of likely N-dealkylation sites (tertiary alicyclic amines) is 1. The van der Waals surface area contributed by atoms with Crippen LogP contribution in [-0.4, -0.2) is 47.5 Å². The van der Waals surface area contributed by atoms with Gasteiger partial charge in [-0.1, -0.05) is 0 Å². The highest BCUT2D eigenvalue weighted by Crippen LogP contribution is 2.31. The third-order valence-electron chi connectivity index (χ3n) is 5.24. The topological polar surface area (TPSA) is 71.5 Å². The molecule has 130 valence electrons. The SMILES string of the molecule is O=C(Nc1nc2c(s1)CCCC2)[C@@H]1CC(=O)N(C2CCOCC2)C1. The summed E-state index contributed by atoms with van der Waals surface area (Å²) in [6.45, 7) is 1.94. The second kappa shape index (κ2) is 6.80. The molecule has 2 amide bonds. The fraction of sp³-hybridized carbons (Fsp3) is 0.706. The summed E-state index contributed by atoms with van der Waals surface area (Å²) in [6, 6.07) is 0.233. The van der Waals surface area contributed by atoms with Crippen molar-refractivity contribution in [2.75, 3.05) is 25.1 Å². The number of carbonyl (C=O) groups excluding carboxylic acids is 2. The van der Waals surface area contributed by atoms with Gasteiger partial charge in [-0.15, -0.1) is 11.3 Å². The number of fused-ring (bicyclic) bond motifs is 1. The summed E-state index contributed by atoms with van der Waals surface area (Å²) in [7, 11) is 0. The molecular weight excluding hydrogens is 326 g/mol. The zero-order valence-corrected chi connectivity index (χ0v) is 14.6. The number of amides is 2. The first-order valence-corrected chi connectivity index (χ1v) is 9.69. The Balaban J connectivity index is 1.38. The number of hydrogen-bond donors (Lipinski definition) is 1. The molecule has 3 heterocycles. The quantitative estimate of drug-likeness (QED) is 0.906. The van der Waals surface area contributed by atoms with Crippen LogP contribution in [0.1, 0.15) is 42.7 Å². The second-order valence-corrected chi connectivity index (χ2v) is 7.96. The van der Waals surface area contributed by atoms with Crippen LogP contribution in [-0.2, 0) is 27.2 Å². The molecule has 1 aromatic heterocycles. The second-order valence-electron chi connectivity index (χ2n) is 6.88. The molecule has 0 saturated carbocycles. The van der Waals surface area contributed by atoms with Gasteiger partial charge < -0.3 is 15.0 Å². The summed E-state index contributed by atoms with van der Waals surface area (Å²) < 4.78 is 5.36. The molecule has 2 aliphatic heterocycles. The Kier molecular flexibility index (Phi) is 4.54. The standard InChI is InChI=1S/C17H23N3O3S/c21-15-9-11(10-20(15)12-5-7-23-8-6-12)16(22)19-17-18-13-3-1-2-4-14(13)24-17/h11-12H,1-10H2,(H,18,19,22)/t11-/m1/s1. The van der Waals surface area contributed by atoms with Crippen molar-refractivity contribution < 1.29 is 14.3 Å². The number of thiazole rings is 1. The molecule has 0 radical (unpaired) electrons. The van der Waals surface area contributed by atoms with Crippen molar-refractivity contribution in [2.24, 2.45) is 5.92 Å². The predicted molar refractivity (Wildman–Crippen MR) is 91.0 cm³/mol. The Hall–Kier alpha value is -1.47. The lowest BCUT2D eigenvalue weighted by molar-refractivity contribution is -0.131. The number of ether oxygens (including phenoxy) is 1. The van der Waals surface area contributed by atoms with Crippen molar-refractivity contribution in [1.82, 2.24) is 9.88 Å². The lowest BCUT2D eigenvalue weighted by Crippen LogP contribution is -2.41. The predicted octanol–water partition coefficient (Wildman–Crippen LogP) is 1.99. The van der Waals surface area contributed by atoms with Crippen LogP contribution in [0.25, 0.3) is 0 Å². The van der Waals surface area contributed by atoms with E-state index in [0.717, 1.165) is 31.4 Å². The number of aryl methyl sites for hydroxylation is 2. The fourth-order valence-corrected chi connectivity index (χ4v) is 4.92. The fourth-order valence-electron chi connectivity index (χ4n) is 3.87. The molecule has 1 atom stereocenters. The highest BCUT2D eigenvalue weighted by atomic mass is 32.1. The van der Waals surface area contributed by atoms with Crippen molar-refractivity contribution in [1.29, 1.82) is 0 Å². The van der Waals surface area contributed by atoms with E-state index < -0.39 is 0 Å². The van der Waals surface area contributed by atoms with Crippen molar-refractivity contribution >= 4 is 28.3 Å². The molecule has 1 aliphatic carbocycles. The third kappa shape index (κ3) is 3.19. The van der Waals surface area contributed by atoms with E-state index in [1.54, 1.807) is 11.3 Å². The maximum absolute atomic E-state index is 12.6. The number of nitrogens with one attached hydrogen (secondary N) is 1. The molecule has 2 fully saturated rings. The summed E-state index contributed by atoms with van der Waals surface area (Å²) in [5, 5.41) is 3.65. The van der Waals surface area contributed by atoms with E-state index in [1.807, 2.05) is 4.90 Å². The van der Waals surface area contributed by atoms with E-state index in [4.69, 9.17) is 4.74 Å². The Morgan fingerprint density at radius 2 is 2.04 bits per heavy atom. The van der Waals surface area contributed by atoms with Crippen molar-refractivity contribution in [2.45, 2.75) is 51.0 Å². The Morgan fingerprint density at radius 1 is 1.25 bits per heavy atom. The van der Waals surface area contributed by atoms with Crippen molar-refractivity contribution in [3.63, 3.8) is 0 Å². The van der Waals surface area contributed by atoms with Gasteiger partial charge in [0.1, 0.15) is 0 Å². The van der Waals surface area contributed by atoms with Crippen molar-refractivity contribution in [3.05, 3.63) is 10.6 Å². The third-order valence-corrected chi connectivity index (χ3v) is 6.31. The number of aromatic nitrogens is 1. The average Bonchev–Trinajstić information content (AvgIpc) is 3.18. The Morgan fingerprint density at radius 3 is 2.83 bits per heavy atom. The van der Waals surface area contributed by atoms with Crippen LogP contribution in [0.2, 0.25) is 0 Å². The Labute approximate surface area is 145 Å². The van der Waals surface area contributed by atoms with Gasteiger partial charge in [0.2, 0.25) is 11.8 Å². The van der Waals surface area contributed by atoms with E-state index in [0.29, 0.717) is 31.3 Å². The first-order chi connectivity index (χ1) is 11.7. The average molecular weight is 349 g/mol. The number of nitrogens with zero attached hydrogens (tertiary/aromatic N) is 2. The van der Waals surface area contributed by atoms with Crippen LogP contribution >= 0.6 is 11.3 Å². The summed E-state index contributed by atoms with van der Waals surface area (Å²) in [6.07, 6.45) is 6.54. The van der Waals surface area contributed by atoms with E-state index in [2.05, 4.69) is 10.3 Å². The summed E-state index contributed by atoms with van der Waals surface area (Å²) in [5.74, 6) is -0.231. The van der Waals surface area contributed by atoms with Crippen LogP contribution < -0.4 is 5.32 Å². The molecule has 0 spiro atoms. The molecule has 24 heavy (non-hydrogen) atoms. The lowest BCUT2D eigenvalue weighted by Gasteiger charge is -2.31. The van der Waals surface area contributed by atoms with Crippen LogP contribution in [0.4, 0.5) is 5.13 Å². The minimum absolute atomic E-state index is 0.0657. The highest BCUT2D eigenvalue weighted by molar-refractivity contribution is 7.15. The lowest BCUT2D eigenvalue weighted by atomic mass is 10.0. The molecule has 0 unspecified atom stereocenters. The van der Waals surface area contributed by atoms with Gasteiger partial charge in [0.25, 0.3) is 0 Å². The van der Waals surface area contributed by atoms with Crippen molar-refractivity contribution in [3.8, 4) is 0 Å². The van der Waals surface area contributed by atoms with Crippen LogP contribution in [0.3, 0.4) is 0 Å². The molecule has 1 aromatic rings. The van der Waals surface area contributed by atoms with Crippen LogP contribution in [0, 0.1) is 5.92 Å². The molecule has 2 saturated heterocycles. The summed E-state index contributed by atoms with van der Waals surface area (Å²) >= 11 is 1.59. The van der Waals surface area contributed by atoms with Gasteiger partial charge in [0, 0.05) is 37.1 Å². The number of rotatable bonds is 3. The number of carbonyl (C=O) groups is 2. The normalized spacial score (nSPS) is 24.9. The number of anilines is 1.